The highest BCUT2D eigenvalue weighted by Gasteiger charge is 2.31. The van der Waals surface area contributed by atoms with Crippen molar-refractivity contribution in [1.29, 1.82) is 0 Å². The summed E-state index contributed by atoms with van der Waals surface area (Å²) in [5.74, 6) is 0.645. The Hall–Kier alpha value is -2.25. The van der Waals surface area contributed by atoms with Gasteiger partial charge >= 0.3 is 0 Å². The SMILES string of the molecule is COc1ccc(S(=O)(=O)N2CCc3cc(N4CCNCC4)ccc32)cc1. The minimum absolute atomic E-state index is 0.289. The van der Waals surface area contributed by atoms with Crippen LogP contribution in [0.3, 0.4) is 0 Å². The van der Waals surface area contributed by atoms with E-state index in [0.29, 0.717) is 12.3 Å². The van der Waals surface area contributed by atoms with E-state index in [9.17, 15) is 8.42 Å². The second-order valence-electron chi connectivity index (χ2n) is 6.55. The van der Waals surface area contributed by atoms with E-state index < -0.39 is 10.0 Å². The van der Waals surface area contributed by atoms with Crippen LogP contribution >= 0.6 is 0 Å². The van der Waals surface area contributed by atoms with Crippen molar-refractivity contribution in [2.45, 2.75) is 11.3 Å². The van der Waals surface area contributed by atoms with E-state index in [-0.39, 0.29) is 4.90 Å². The minimum atomic E-state index is -3.56. The molecule has 2 heterocycles. The molecule has 0 aliphatic carbocycles. The lowest BCUT2D eigenvalue weighted by Crippen LogP contribution is -2.43. The minimum Gasteiger partial charge on any atom is -0.497 e. The molecule has 6 nitrogen and oxygen atoms in total. The van der Waals surface area contributed by atoms with Crippen LogP contribution in [0.15, 0.2) is 47.4 Å². The molecule has 1 fully saturated rings. The van der Waals surface area contributed by atoms with Gasteiger partial charge in [0.2, 0.25) is 0 Å². The Bertz CT molecular complexity index is 891. The third-order valence-electron chi connectivity index (χ3n) is 5.05. The fourth-order valence-corrected chi connectivity index (χ4v) is 5.11. The van der Waals surface area contributed by atoms with Gasteiger partial charge in [0, 0.05) is 38.4 Å². The van der Waals surface area contributed by atoms with E-state index in [1.165, 1.54) is 9.99 Å². The molecule has 0 aromatic heterocycles. The number of fused-ring (bicyclic) bond motifs is 1. The van der Waals surface area contributed by atoms with E-state index in [0.717, 1.165) is 43.9 Å². The molecule has 0 atom stereocenters. The number of hydrogen-bond donors (Lipinski definition) is 1. The van der Waals surface area contributed by atoms with Crippen molar-refractivity contribution in [3.8, 4) is 5.75 Å². The van der Waals surface area contributed by atoms with Gasteiger partial charge < -0.3 is 15.0 Å². The molecule has 0 amide bonds. The molecule has 1 saturated heterocycles. The van der Waals surface area contributed by atoms with E-state index in [4.69, 9.17) is 4.74 Å². The largest absolute Gasteiger partial charge is 0.497 e. The van der Waals surface area contributed by atoms with Crippen LogP contribution in [-0.4, -0.2) is 48.3 Å². The summed E-state index contributed by atoms with van der Waals surface area (Å²) in [5.41, 5.74) is 3.06. The number of hydrogen-bond acceptors (Lipinski definition) is 5. The van der Waals surface area contributed by atoms with Crippen molar-refractivity contribution in [3.63, 3.8) is 0 Å². The predicted molar refractivity (Wildman–Crippen MR) is 103 cm³/mol. The third kappa shape index (κ3) is 3.01. The Kier molecular flexibility index (Phi) is 4.50. The Balaban J connectivity index is 1.62. The quantitative estimate of drug-likeness (QED) is 0.886. The predicted octanol–water partition coefficient (Wildman–Crippen LogP) is 1.86. The molecular formula is C19H23N3O3S. The summed E-state index contributed by atoms with van der Waals surface area (Å²) in [6, 6.07) is 12.7. The second kappa shape index (κ2) is 6.81. The topological polar surface area (TPSA) is 61.9 Å². The maximum Gasteiger partial charge on any atom is 0.264 e. The molecule has 0 saturated carbocycles. The molecule has 0 unspecified atom stereocenters. The number of sulfonamides is 1. The molecule has 4 rings (SSSR count). The zero-order valence-corrected chi connectivity index (χ0v) is 15.6. The monoisotopic (exact) mass is 373 g/mol. The fraction of sp³-hybridized carbons (Fsp3) is 0.368. The molecule has 138 valence electrons. The summed E-state index contributed by atoms with van der Waals surface area (Å²) in [6.07, 6.45) is 0.741. The first-order chi connectivity index (χ1) is 12.6. The van der Waals surface area contributed by atoms with Gasteiger partial charge in [-0.25, -0.2) is 8.42 Å². The van der Waals surface area contributed by atoms with Gasteiger partial charge in [-0.1, -0.05) is 0 Å². The molecule has 2 aliphatic heterocycles. The van der Waals surface area contributed by atoms with Crippen molar-refractivity contribution in [3.05, 3.63) is 48.0 Å². The molecule has 7 heteroatoms. The molecule has 26 heavy (non-hydrogen) atoms. The molecule has 2 aromatic carbocycles. The van der Waals surface area contributed by atoms with Crippen LogP contribution in [0.2, 0.25) is 0 Å². The zero-order chi connectivity index (χ0) is 18.1. The van der Waals surface area contributed by atoms with Crippen LogP contribution in [-0.2, 0) is 16.4 Å². The van der Waals surface area contributed by atoms with Crippen molar-refractivity contribution in [2.24, 2.45) is 0 Å². The second-order valence-corrected chi connectivity index (χ2v) is 8.42. The van der Waals surface area contributed by atoms with Crippen molar-refractivity contribution in [1.82, 2.24) is 5.32 Å². The average Bonchev–Trinajstić information content (AvgIpc) is 3.13. The molecule has 2 aliphatic rings. The summed E-state index contributed by atoms with van der Waals surface area (Å²) in [4.78, 5) is 2.63. The van der Waals surface area contributed by atoms with Crippen LogP contribution in [0.5, 0.6) is 5.75 Å². The number of nitrogens with one attached hydrogen (secondary N) is 1. The van der Waals surface area contributed by atoms with Gasteiger partial charge in [-0.05, 0) is 54.4 Å². The highest BCUT2D eigenvalue weighted by Crippen LogP contribution is 2.35. The zero-order valence-electron chi connectivity index (χ0n) is 14.8. The van der Waals surface area contributed by atoms with Gasteiger partial charge in [0.25, 0.3) is 10.0 Å². The van der Waals surface area contributed by atoms with E-state index in [1.807, 2.05) is 12.1 Å². The number of benzene rings is 2. The molecule has 0 spiro atoms. The molecule has 0 radical (unpaired) electrons. The first-order valence-corrected chi connectivity index (χ1v) is 10.3. The maximum atomic E-state index is 13.0. The highest BCUT2D eigenvalue weighted by molar-refractivity contribution is 7.92. The molecule has 0 bridgehead atoms. The van der Waals surface area contributed by atoms with Crippen LogP contribution in [0.4, 0.5) is 11.4 Å². The Morgan fingerprint density at radius 2 is 1.73 bits per heavy atom. The van der Waals surface area contributed by atoms with Crippen LogP contribution in [0.25, 0.3) is 0 Å². The molecule has 2 aromatic rings. The first-order valence-electron chi connectivity index (χ1n) is 8.85. The first kappa shape index (κ1) is 17.2. The lowest BCUT2D eigenvalue weighted by atomic mass is 10.1. The number of ether oxygens (including phenoxy) is 1. The van der Waals surface area contributed by atoms with Crippen LogP contribution < -0.4 is 19.3 Å². The summed E-state index contributed by atoms with van der Waals surface area (Å²) < 4.78 is 32.7. The van der Waals surface area contributed by atoms with Crippen LogP contribution in [0.1, 0.15) is 5.56 Å². The van der Waals surface area contributed by atoms with Gasteiger partial charge in [0.15, 0.2) is 0 Å². The number of nitrogens with zero attached hydrogens (tertiary/aromatic N) is 2. The lowest BCUT2D eigenvalue weighted by molar-refractivity contribution is 0.414. The molecular weight excluding hydrogens is 350 g/mol. The fourth-order valence-electron chi connectivity index (χ4n) is 3.60. The normalized spacial score (nSPS) is 17.3. The molecule has 1 N–H and O–H groups in total. The van der Waals surface area contributed by atoms with E-state index in [2.05, 4.69) is 16.3 Å². The number of methoxy groups -OCH3 is 1. The summed E-state index contributed by atoms with van der Waals surface area (Å²) >= 11 is 0. The van der Waals surface area contributed by atoms with Gasteiger partial charge in [0.05, 0.1) is 17.7 Å². The number of anilines is 2. The van der Waals surface area contributed by atoms with Crippen molar-refractivity contribution < 1.29 is 13.2 Å². The van der Waals surface area contributed by atoms with Crippen molar-refractivity contribution >= 4 is 21.4 Å². The summed E-state index contributed by atoms with van der Waals surface area (Å²) in [5, 5.41) is 3.35. The van der Waals surface area contributed by atoms with Gasteiger partial charge in [-0.3, -0.25) is 4.31 Å². The Labute approximate surface area is 154 Å². The van der Waals surface area contributed by atoms with Gasteiger partial charge in [-0.2, -0.15) is 0 Å². The summed E-state index contributed by atoms with van der Waals surface area (Å²) in [7, 11) is -1.99. The Morgan fingerprint density at radius 1 is 1.00 bits per heavy atom. The maximum absolute atomic E-state index is 13.0. The lowest BCUT2D eigenvalue weighted by Gasteiger charge is -2.30. The smallest absolute Gasteiger partial charge is 0.264 e. The van der Waals surface area contributed by atoms with Crippen LogP contribution in [0, 0.1) is 0 Å². The van der Waals surface area contributed by atoms with Gasteiger partial charge in [0.1, 0.15) is 5.75 Å². The van der Waals surface area contributed by atoms with E-state index in [1.54, 1.807) is 31.4 Å². The van der Waals surface area contributed by atoms with Crippen molar-refractivity contribution in [2.75, 3.05) is 49.0 Å². The third-order valence-corrected chi connectivity index (χ3v) is 6.87. The standard InChI is InChI=1S/C19H23N3O3S/c1-25-17-3-5-18(6-4-17)26(23,24)22-11-8-15-14-16(2-7-19(15)22)21-12-9-20-10-13-21/h2-7,14,20H,8-13H2,1H3. The van der Waals surface area contributed by atoms with E-state index >= 15 is 0 Å². The summed E-state index contributed by atoms with van der Waals surface area (Å²) in [6.45, 7) is 4.40. The average molecular weight is 373 g/mol. The van der Waals surface area contributed by atoms with Gasteiger partial charge in [-0.15, -0.1) is 0 Å². The Morgan fingerprint density at radius 3 is 2.42 bits per heavy atom. The highest BCUT2D eigenvalue weighted by atomic mass is 32.2. The number of rotatable bonds is 4. The number of piperazine rings is 1.